The fourth-order valence-corrected chi connectivity index (χ4v) is 6.02. The van der Waals surface area contributed by atoms with Gasteiger partial charge in [0.15, 0.2) is 0 Å². The monoisotopic (exact) mass is 486 g/mol. The minimum Gasteiger partial charge on any atom is -0.494 e. The molecule has 7 heteroatoms. The summed E-state index contributed by atoms with van der Waals surface area (Å²) in [4.78, 5) is 32.4. The Labute approximate surface area is 207 Å². The van der Waals surface area contributed by atoms with Crippen LogP contribution in [0.4, 0.5) is 5.69 Å². The molecule has 6 nitrogen and oxygen atoms in total. The number of pyridine rings is 1. The van der Waals surface area contributed by atoms with E-state index in [1.54, 1.807) is 31.3 Å². The van der Waals surface area contributed by atoms with Crippen molar-refractivity contribution >= 4 is 40.0 Å². The lowest BCUT2D eigenvalue weighted by atomic mass is 9.95. The minimum absolute atomic E-state index is 0.232. The van der Waals surface area contributed by atoms with E-state index < -0.39 is 5.97 Å². The molecule has 2 aromatic carbocycles. The summed E-state index contributed by atoms with van der Waals surface area (Å²) in [5, 5.41) is 12.9. The molecule has 0 fully saturated rings. The molecular weight excluding hydrogens is 460 g/mol. The Hall–Kier alpha value is -3.71. The maximum Gasteiger partial charge on any atom is 0.341 e. The van der Waals surface area contributed by atoms with Crippen LogP contribution >= 0.6 is 11.3 Å². The van der Waals surface area contributed by atoms with E-state index in [-0.39, 0.29) is 18.0 Å². The fraction of sp³-hybridized carbons (Fsp3) is 0.250. The average molecular weight is 487 g/mol. The molecule has 0 radical (unpaired) electrons. The first-order valence-electron chi connectivity index (χ1n) is 11.8. The van der Waals surface area contributed by atoms with Crippen molar-refractivity contribution < 1.29 is 14.6 Å². The molecule has 0 bridgehead atoms. The predicted octanol–water partition coefficient (Wildman–Crippen LogP) is 5.87. The molecule has 0 saturated heterocycles. The Balaban J connectivity index is 1.78. The number of aliphatic imine (C=N–C) groups is 1. The van der Waals surface area contributed by atoms with Gasteiger partial charge in [-0.15, -0.1) is 11.3 Å². The third kappa shape index (κ3) is 4.17. The Morgan fingerprint density at radius 1 is 1.14 bits per heavy atom. The van der Waals surface area contributed by atoms with Crippen LogP contribution in [0.25, 0.3) is 15.8 Å². The van der Waals surface area contributed by atoms with Gasteiger partial charge >= 0.3 is 5.97 Å². The smallest absolute Gasteiger partial charge is 0.341 e. The van der Waals surface area contributed by atoms with Crippen LogP contribution in [-0.2, 0) is 17.6 Å². The molecule has 0 aliphatic heterocycles. The van der Waals surface area contributed by atoms with Crippen LogP contribution in [0.1, 0.15) is 51.7 Å². The van der Waals surface area contributed by atoms with E-state index in [9.17, 15) is 14.7 Å². The quantitative estimate of drug-likeness (QED) is 0.282. The Bertz CT molecular complexity index is 1530. The molecule has 178 valence electrons. The second kappa shape index (κ2) is 9.50. The summed E-state index contributed by atoms with van der Waals surface area (Å²) in [6.45, 7) is 3.98. The fourth-order valence-electron chi connectivity index (χ4n) is 4.65. The number of fused-ring (bicyclic) bond motifs is 2. The minimum atomic E-state index is -0.462. The number of aryl methyl sites for hydroxylation is 2. The third-order valence-corrected chi connectivity index (χ3v) is 7.56. The van der Waals surface area contributed by atoms with Crippen molar-refractivity contribution in [2.75, 3.05) is 6.61 Å². The first-order valence-corrected chi connectivity index (χ1v) is 12.6. The zero-order valence-electron chi connectivity index (χ0n) is 19.7. The van der Waals surface area contributed by atoms with E-state index in [4.69, 9.17) is 4.74 Å². The number of nitrogens with zero attached hydrogens (tertiary/aromatic N) is 2. The molecule has 1 aliphatic rings. The summed E-state index contributed by atoms with van der Waals surface area (Å²) in [5.74, 6) is -0.703. The normalized spacial score (nSPS) is 13.3. The van der Waals surface area contributed by atoms with Gasteiger partial charge in [-0.25, -0.2) is 9.36 Å². The van der Waals surface area contributed by atoms with E-state index in [1.807, 2.05) is 37.3 Å². The molecule has 0 amide bonds. The van der Waals surface area contributed by atoms with Crippen molar-refractivity contribution in [1.29, 1.82) is 0 Å². The molecule has 2 aromatic heterocycles. The van der Waals surface area contributed by atoms with E-state index in [0.717, 1.165) is 47.4 Å². The topological polar surface area (TPSA) is 80.9 Å². The SMILES string of the molecule is CCOC(=O)c1c(-n2c(O)c(C=Nc3cccc(C)c3)c3ccccc3c2=O)sc2c1CCCC2. The van der Waals surface area contributed by atoms with Gasteiger partial charge in [-0.2, -0.15) is 0 Å². The second-order valence-corrected chi connectivity index (χ2v) is 9.72. The van der Waals surface area contributed by atoms with Gasteiger partial charge in [-0.3, -0.25) is 9.79 Å². The summed E-state index contributed by atoms with van der Waals surface area (Å²) in [5.41, 5.74) is 3.18. The Kier molecular flexibility index (Phi) is 6.26. The number of carbonyl (C=O) groups excluding carboxylic acids is 1. The standard InChI is InChI=1S/C28H26N2O4S/c1-3-34-28(33)24-21-13-6-7-14-23(21)35-27(24)30-25(31)20-12-5-4-11-19(20)22(26(30)32)16-29-18-10-8-9-17(2)15-18/h4-5,8-12,15-16,32H,3,6-7,13-14H2,1-2H3. The molecule has 0 unspecified atom stereocenters. The maximum atomic E-state index is 13.7. The van der Waals surface area contributed by atoms with E-state index in [0.29, 0.717) is 26.9 Å². The number of ether oxygens (including phenoxy) is 1. The summed E-state index contributed by atoms with van der Waals surface area (Å²) >= 11 is 1.39. The first-order chi connectivity index (χ1) is 17.0. The molecule has 0 spiro atoms. The third-order valence-electron chi connectivity index (χ3n) is 6.28. The van der Waals surface area contributed by atoms with Gasteiger partial charge in [0.1, 0.15) is 5.00 Å². The van der Waals surface area contributed by atoms with Gasteiger partial charge in [-0.05, 0) is 68.9 Å². The van der Waals surface area contributed by atoms with Gasteiger partial charge in [0, 0.05) is 21.9 Å². The number of aromatic nitrogens is 1. The van der Waals surface area contributed by atoms with Crippen molar-refractivity contribution in [3.05, 3.63) is 86.0 Å². The lowest BCUT2D eigenvalue weighted by Gasteiger charge is -2.15. The zero-order chi connectivity index (χ0) is 24.5. The highest BCUT2D eigenvalue weighted by molar-refractivity contribution is 7.15. The number of carbonyl (C=O) groups is 1. The maximum absolute atomic E-state index is 13.7. The van der Waals surface area contributed by atoms with Crippen molar-refractivity contribution in [3.63, 3.8) is 0 Å². The summed E-state index contributed by atoms with van der Waals surface area (Å²) in [6.07, 6.45) is 5.19. The Morgan fingerprint density at radius 3 is 2.69 bits per heavy atom. The lowest BCUT2D eigenvalue weighted by Crippen LogP contribution is -2.22. The molecule has 5 rings (SSSR count). The zero-order valence-corrected chi connectivity index (χ0v) is 20.5. The average Bonchev–Trinajstić information content (AvgIpc) is 3.23. The summed E-state index contributed by atoms with van der Waals surface area (Å²) < 4.78 is 6.63. The second-order valence-electron chi connectivity index (χ2n) is 8.63. The van der Waals surface area contributed by atoms with Crippen LogP contribution in [0.15, 0.2) is 58.3 Å². The molecular formula is C28H26N2O4S. The molecule has 4 aromatic rings. The largest absolute Gasteiger partial charge is 0.494 e. The number of rotatable bonds is 5. The molecule has 1 N–H and O–H groups in total. The van der Waals surface area contributed by atoms with Crippen molar-refractivity contribution in [1.82, 2.24) is 4.57 Å². The van der Waals surface area contributed by atoms with Gasteiger partial charge in [-0.1, -0.05) is 30.3 Å². The number of thiophene rings is 1. The Morgan fingerprint density at radius 2 is 1.91 bits per heavy atom. The van der Waals surface area contributed by atoms with Crippen molar-refractivity contribution in [3.8, 4) is 10.9 Å². The highest BCUT2D eigenvalue weighted by atomic mass is 32.1. The van der Waals surface area contributed by atoms with Gasteiger partial charge in [0.2, 0.25) is 5.88 Å². The molecule has 1 aliphatic carbocycles. The molecule has 2 heterocycles. The van der Waals surface area contributed by atoms with Crippen LogP contribution in [0.5, 0.6) is 5.88 Å². The van der Waals surface area contributed by atoms with Gasteiger partial charge < -0.3 is 9.84 Å². The van der Waals surface area contributed by atoms with Crippen LogP contribution in [0, 0.1) is 6.92 Å². The molecule has 0 atom stereocenters. The van der Waals surface area contributed by atoms with E-state index >= 15 is 0 Å². The highest BCUT2D eigenvalue weighted by Gasteiger charge is 2.30. The van der Waals surface area contributed by atoms with Crippen LogP contribution < -0.4 is 5.56 Å². The van der Waals surface area contributed by atoms with Gasteiger partial charge in [0.25, 0.3) is 5.56 Å². The van der Waals surface area contributed by atoms with E-state index in [2.05, 4.69) is 4.99 Å². The van der Waals surface area contributed by atoms with Crippen LogP contribution in [0.2, 0.25) is 0 Å². The first kappa shape index (κ1) is 23.1. The van der Waals surface area contributed by atoms with E-state index in [1.165, 1.54) is 15.9 Å². The number of hydrogen-bond donors (Lipinski definition) is 1. The van der Waals surface area contributed by atoms with Crippen LogP contribution in [-0.4, -0.2) is 28.5 Å². The highest BCUT2D eigenvalue weighted by Crippen LogP contribution is 2.39. The molecule has 0 saturated carbocycles. The van der Waals surface area contributed by atoms with Crippen LogP contribution in [0.3, 0.4) is 0 Å². The van der Waals surface area contributed by atoms with Gasteiger partial charge in [0.05, 0.1) is 23.4 Å². The summed E-state index contributed by atoms with van der Waals surface area (Å²) in [7, 11) is 0. The lowest BCUT2D eigenvalue weighted by molar-refractivity contribution is 0.0525. The number of hydrogen-bond acceptors (Lipinski definition) is 6. The van der Waals surface area contributed by atoms with Crippen molar-refractivity contribution in [2.24, 2.45) is 4.99 Å². The predicted molar refractivity (Wildman–Crippen MR) is 140 cm³/mol. The number of aromatic hydroxyl groups is 1. The molecule has 35 heavy (non-hydrogen) atoms. The van der Waals surface area contributed by atoms with Crippen molar-refractivity contribution in [2.45, 2.75) is 39.5 Å². The number of benzene rings is 2. The number of esters is 1. The summed E-state index contributed by atoms with van der Waals surface area (Å²) in [6, 6.07) is 14.9.